The van der Waals surface area contributed by atoms with Crippen molar-refractivity contribution < 1.29 is 13.9 Å². The van der Waals surface area contributed by atoms with Gasteiger partial charge >= 0.3 is 0 Å². The first-order chi connectivity index (χ1) is 9.72. The number of hydrogen-bond donors (Lipinski definition) is 0. The fourth-order valence-electron chi connectivity index (χ4n) is 2.01. The summed E-state index contributed by atoms with van der Waals surface area (Å²) in [6, 6.07) is 13.1. The van der Waals surface area contributed by atoms with Gasteiger partial charge in [-0.25, -0.2) is 9.18 Å². The lowest BCUT2D eigenvalue weighted by atomic mass is 9.99. The van der Waals surface area contributed by atoms with Crippen LogP contribution in [-0.2, 0) is 11.2 Å². The Morgan fingerprint density at radius 2 is 2.00 bits per heavy atom. The molecule has 4 heteroatoms. The van der Waals surface area contributed by atoms with Gasteiger partial charge in [0.2, 0.25) is 6.08 Å². The van der Waals surface area contributed by atoms with E-state index in [1.807, 2.05) is 24.3 Å². The molecule has 0 spiro atoms. The van der Waals surface area contributed by atoms with Crippen molar-refractivity contribution in [1.29, 1.82) is 0 Å². The number of ether oxygens (including phenoxy) is 1. The molecule has 0 fully saturated rings. The molecule has 0 saturated carbocycles. The Morgan fingerprint density at radius 3 is 2.65 bits per heavy atom. The maximum absolute atomic E-state index is 12.9. The lowest BCUT2D eigenvalue weighted by molar-refractivity contribution is 0.414. The van der Waals surface area contributed by atoms with Crippen LogP contribution >= 0.6 is 0 Å². The molecule has 20 heavy (non-hydrogen) atoms. The van der Waals surface area contributed by atoms with Crippen LogP contribution in [0.15, 0.2) is 53.5 Å². The Labute approximate surface area is 116 Å². The van der Waals surface area contributed by atoms with Crippen LogP contribution in [-0.4, -0.2) is 13.2 Å². The van der Waals surface area contributed by atoms with E-state index >= 15 is 0 Å². The van der Waals surface area contributed by atoms with E-state index in [2.05, 4.69) is 4.99 Å². The van der Waals surface area contributed by atoms with Gasteiger partial charge in [0.1, 0.15) is 11.6 Å². The van der Waals surface area contributed by atoms with E-state index in [9.17, 15) is 9.18 Å². The van der Waals surface area contributed by atoms with Gasteiger partial charge in [-0.1, -0.05) is 24.3 Å². The molecule has 102 valence electrons. The summed E-state index contributed by atoms with van der Waals surface area (Å²) in [7, 11) is 1.60. The van der Waals surface area contributed by atoms with Crippen molar-refractivity contribution in [3.63, 3.8) is 0 Å². The molecule has 0 aliphatic heterocycles. The Bertz CT molecular complexity index is 619. The normalized spacial score (nSPS) is 11.5. The minimum absolute atomic E-state index is 0.316. The van der Waals surface area contributed by atoms with E-state index in [1.54, 1.807) is 25.3 Å². The van der Waals surface area contributed by atoms with E-state index in [-0.39, 0.29) is 11.9 Å². The molecule has 0 amide bonds. The third-order valence-corrected chi connectivity index (χ3v) is 3.03. The van der Waals surface area contributed by atoms with Gasteiger partial charge in [0.15, 0.2) is 0 Å². The Kier molecular flexibility index (Phi) is 4.64. The van der Waals surface area contributed by atoms with Crippen LogP contribution in [0.3, 0.4) is 0 Å². The lowest BCUT2D eigenvalue weighted by Gasteiger charge is -2.12. The van der Waals surface area contributed by atoms with Crippen LogP contribution in [0.1, 0.15) is 17.2 Å². The van der Waals surface area contributed by atoms with Crippen molar-refractivity contribution >= 4 is 6.08 Å². The van der Waals surface area contributed by atoms with Crippen LogP contribution in [0.2, 0.25) is 0 Å². The van der Waals surface area contributed by atoms with Crippen LogP contribution in [0.5, 0.6) is 5.75 Å². The number of aliphatic imine (C=N–C) groups is 1. The number of methoxy groups -OCH3 is 1. The first kappa shape index (κ1) is 14.0. The van der Waals surface area contributed by atoms with Gasteiger partial charge in [0.25, 0.3) is 0 Å². The smallest absolute Gasteiger partial charge is 0.235 e. The van der Waals surface area contributed by atoms with Gasteiger partial charge in [0.05, 0.1) is 13.2 Å². The monoisotopic (exact) mass is 271 g/mol. The standard InChI is InChI=1S/C16H14FNO2/c1-20-15-4-2-3-12(9-15)10-16(18-11-19)13-5-7-14(17)8-6-13/h2-9,16H,10H2,1H3. The zero-order chi connectivity index (χ0) is 14.4. The van der Waals surface area contributed by atoms with Crippen molar-refractivity contribution in [2.45, 2.75) is 12.5 Å². The summed E-state index contributed by atoms with van der Waals surface area (Å²) < 4.78 is 18.1. The zero-order valence-electron chi connectivity index (χ0n) is 11.0. The van der Waals surface area contributed by atoms with E-state index in [0.717, 1.165) is 16.9 Å². The molecular weight excluding hydrogens is 257 g/mol. The summed E-state index contributed by atoms with van der Waals surface area (Å²) in [6.45, 7) is 0. The predicted octanol–water partition coefficient (Wildman–Crippen LogP) is 3.45. The summed E-state index contributed by atoms with van der Waals surface area (Å²) in [5, 5.41) is 0. The van der Waals surface area contributed by atoms with Crippen molar-refractivity contribution in [2.75, 3.05) is 7.11 Å². The highest BCUT2D eigenvalue weighted by Gasteiger charge is 2.12. The largest absolute Gasteiger partial charge is 0.497 e. The second-order valence-corrected chi connectivity index (χ2v) is 4.34. The molecule has 0 heterocycles. The van der Waals surface area contributed by atoms with E-state index in [4.69, 9.17) is 4.74 Å². The first-order valence-electron chi connectivity index (χ1n) is 6.18. The Hall–Kier alpha value is -2.45. The average Bonchev–Trinajstić information content (AvgIpc) is 2.48. The molecule has 0 aromatic heterocycles. The van der Waals surface area contributed by atoms with Gasteiger partial charge in [0, 0.05) is 0 Å². The number of carbonyl (C=O) groups excluding carboxylic acids is 1. The minimum atomic E-state index is -0.375. The topological polar surface area (TPSA) is 38.7 Å². The number of hydrogen-bond acceptors (Lipinski definition) is 3. The maximum atomic E-state index is 12.9. The Morgan fingerprint density at radius 1 is 1.25 bits per heavy atom. The van der Waals surface area contributed by atoms with Crippen LogP contribution in [0.4, 0.5) is 4.39 Å². The molecule has 1 atom stereocenters. The molecule has 3 nitrogen and oxygen atoms in total. The van der Waals surface area contributed by atoms with Gasteiger partial charge in [-0.2, -0.15) is 4.99 Å². The molecule has 2 rings (SSSR count). The lowest BCUT2D eigenvalue weighted by Crippen LogP contribution is -2.00. The summed E-state index contributed by atoms with van der Waals surface area (Å²) in [5.41, 5.74) is 1.76. The summed E-state index contributed by atoms with van der Waals surface area (Å²) in [5.74, 6) is 0.430. The van der Waals surface area contributed by atoms with E-state index in [1.165, 1.54) is 12.1 Å². The van der Waals surface area contributed by atoms with E-state index < -0.39 is 0 Å². The minimum Gasteiger partial charge on any atom is -0.497 e. The van der Waals surface area contributed by atoms with Crippen LogP contribution in [0, 0.1) is 5.82 Å². The van der Waals surface area contributed by atoms with Gasteiger partial charge in [-0.15, -0.1) is 0 Å². The second kappa shape index (κ2) is 6.64. The van der Waals surface area contributed by atoms with Crippen molar-refractivity contribution in [1.82, 2.24) is 0 Å². The first-order valence-corrected chi connectivity index (χ1v) is 6.18. The maximum Gasteiger partial charge on any atom is 0.235 e. The molecule has 0 aliphatic carbocycles. The highest BCUT2D eigenvalue weighted by atomic mass is 19.1. The third-order valence-electron chi connectivity index (χ3n) is 3.03. The molecule has 2 aromatic carbocycles. The number of benzene rings is 2. The van der Waals surface area contributed by atoms with E-state index in [0.29, 0.717) is 6.42 Å². The fraction of sp³-hybridized carbons (Fsp3) is 0.188. The molecule has 0 bridgehead atoms. The van der Waals surface area contributed by atoms with Crippen molar-refractivity contribution in [3.8, 4) is 5.75 Å². The molecule has 1 unspecified atom stereocenters. The van der Waals surface area contributed by atoms with Crippen molar-refractivity contribution in [3.05, 3.63) is 65.5 Å². The zero-order valence-corrected chi connectivity index (χ0v) is 11.0. The average molecular weight is 271 g/mol. The highest BCUT2D eigenvalue weighted by Crippen LogP contribution is 2.24. The number of rotatable bonds is 5. The van der Waals surface area contributed by atoms with Crippen LogP contribution in [0.25, 0.3) is 0 Å². The number of isocyanates is 1. The third kappa shape index (κ3) is 3.53. The molecular formula is C16H14FNO2. The summed E-state index contributed by atoms with van der Waals surface area (Å²) in [4.78, 5) is 14.4. The highest BCUT2D eigenvalue weighted by molar-refractivity contribution is 5.37. The molecule has 0 aliphatic rings. The van der Waals surface area contributed by atoms with Crippen molar-refractivity contribution in [2.24, 2.45) is 4.99 Å². The molecule has 2 aromatic rings. The van der Waals surface area contributed by atoms with Gasteiger partial charge in [-0.05, 0) is 41.8 Å². The Balaban J connectivity index is 2.25. The summed E-state index contributed by atoms with van der Waals surface area (Å²) in [6.07, 6.45) is 2.11. The molecule has 0 N–H and O–H groups in total. The van der Waals surface area contributed by atoms with Gasteiger partial charge < -0.3 is 4.74 Å². The number of halogens is 1. The second-order valence-electron chi connectivity index (χ2n) is 4.34. The fourth-order valence-corrected chi connectivity index (χ4v) is 2.01. The van der Waals surface area contributed by atoms with Gasteiger partial charge in [-0.3, -0.25) is 0 Å². The molecule has 0 saturated heterocycles. The van der Waals surface area contributed by atoms with Crippen LogP contribution < -0.4 is 4.74 Å². The predicted molar refractivity (Wildman–Crippen MR) is 74.0 cm³/mol. The number of nitrogens with zero attached hydrogens (tertiary/aromatic N) is 1. The SMILES string of the molecule is COc1cccc(CC(N=C=O)c2ccc(F)cc2)c1. The quantitative estimate of drug-likeness (QED) is 0.617. The summed E-state index contributed by atoms with van der Waals surface area (Å²) >= 11 is 0. The molecule has 0 radical (unpaired) electrons.